The maximum atomic E-state index is 2.66. The largest absolute Gasteiger partial charge is 0.117 e. The van der Waals surface area contributed by atoms with Gasteiger partial charge in [0.05, 0.1) is 0 Å². The van der Waals surface area contributed by atoms with Gasteiger partial charge in [0, 0.05) is 0 Å². The zero-order valence-corrected chi connectivity index (χ0v) is 6.42. The molecule has 0 aromatic heterocycles. The highest BCUT2D eigenvalue weighted by molar-refractivity contribution is 6.40. The van der Waals surface area contributed by atoms with Crippen LogP contribution in [0.1, 0.15) is 32.1 Å². The van der Waals surface area contributed by atoms with E-state index < -0.39 is 0 Å². The predicted molar refractivity (Wildman–Crippen MR) is 43.3 cm³/mol. The van der Waals surface area contributed by atoms with E-state index in [1.807, 2.05) is 0 Å². The van der Waals surface area contributed by atoms with Crippen molar-refractivity contribution in [2.24, 2.45) is 11.8 Å². The Morgan fingerprint density at radius 3 is 1.60 bits per heavy atom. The van der Waals surface area contributed by atoms with Gasteiger partial charge in [-0.25, -0.2) is 0 Å². The Kier molecular flexibility index (Phi) is 1.03. The van der Waals surface area contributed by atoms with Crippen molar-refractivity contribution in [2.45, 2.75) is 43.7 Å². The highest BCUT2D eigenvalue weighted by atomic mass is 14.4. The van der Waals surface area contributed by atoms with Crippen LogP contribution in [0.5, 0.6) is 0 Å². The van der Waals surface area contributed by atoms with E-state index in [1.54, 1.807) is 32.1 Å². The van der Waals surface area contributed by atoms with Crippen LogP contribution in [0, 0.1) is 11.8 Å². The minimum Gasteiger partial charge on any atom is -0.0681 e. The quantitative estimate of drug-likeness (QED) is 0.445. The molecule has 0 nitrogen and oxygen atoms in total. The van der Waals surface area contributed by atoms with Gasteiger partial charge < -0.3 is 0 Å². The van der Waals surface area contributed by atoms with Crippen LogP contribution in [0.25, 0.3) is 0 Å². The van der Waals surface area contributed by atoms with Crippen molar-refractivity contribution in [3.8, 4) is 0 Å². The van der Waals surface area contributed by atoms with Crippen molar-refractivity contribution in [2.75, 3.05) is 0 Å². The van der Waals surface area contributed by atoms with Crippen molar-refractivity contribution in [3.63, 3.8) is 0 Å². The van der Waals surface area contributed by atoms with E-state index in [4.69, 9.17) is 0 Å². The third-order valence-corrected chi connectivity index (χ3v) is 3.76. The molecule has 2 aliphatic heterocycles. The van der Waals surface area contributed by atoms with Gasteiger partial charge in [0.25, 0.3) is 0 Å². The summed E-state index contributed by atoms with van der Waals surface area (Å²) in [5, 5.41) is 0. The number of hydrogen-bond donors (Lipinski definition) is 0. The molecule has 0 aromatic rings. The topological polar surface area (TPSA) is 0 Å². The van der Waals surface area contributed by atoms with E-state index in [1.165, 1.54) is 0 Å². The van der Waals surface area contributed by atoms with Crippen LogP contribution < -0.4 is 0 Å². The maximum Gasteiger partial charge on any atom is 0.117 e. The van der Waals surface area contributed by atoms with Crippen LogP contribution >= 0.6 is 0 Å². The van der Waals surface area contributed by atoms with E-state index in [0.717, 1.165) is 23.5 Å². The molecule has 53 valence electrons. The average molecular weight is 133 g/mol. The molecule has 4 bridgehead atoms. The molecule has 1 heteroatoms. The van der Waals surface area contributed by atoms with E-state index in [2.05, 4.69) is 7.28 Å². The van der Waals surface area contributed by atoms with Crippen LogP contribution in [0.15, 0.2) is 0 Å². The lowest BCUT2D eigenvalue weighted by molar-refractivity contribution is 0.167. The van der Waals surface area contributed by atoms with Gasteiger partial charge in [-0.2, -0.15) is 0 Å². The molecule has 0 unspecified atom stereocenters. The Bertz CT molecular complexity index is 96.3. The van der Waals surface area contributed by atoms with Gasteiger partial charge in [0.15, 0.2) is 0 Å². The van der Waals surface area contributed by atoms with Crippen molar-refractivity contribution in [3.05, 3.63) is 0 Å². The molecule has 2 aliphatic carbocycles. The molecule has 2 saturated heterocycles. The lowest BCUT2D eigenvalue weighted by Crippen LogP contribution is -2.38. The summed E-state index contributed by atoms with van der Waals surface area (Å²) < 4.78 is 0. The summed E-state index contributed by atoms with van der Waals surface area (Å²) in [5.74, 6) is 4.40. The molecular formula is C9H14B. The van der Waals surface area contributed by atoms with Gasteiger partial charge in [-0.3, -0.25) is 0 Å². The fourth-order valence-corrected chi connectivity index (χ4v) is 3.65. The van der Waals surface area contributed by atoms with Crippen LogP contribution in [0.4, 0.5) is 0 Å². The second kappa shape index (κ2) is 1.81. The molecule has 0 atom stereocenters. The van der Waals surface area contributed by atoms with Crippen LogP contribution in [0.3, 0.4) is 0 Å². The first-order chi connectivity index (χ1) is 4.90. The van der Waals surface area contributed by atoms with Crippen molar-refractivity contribution in [1.82, 2.24) is 0 Å². The summed E-state index contributed by atoms with van der Waals surface area (Å²) >= 11 is 0. The summed E-state index contributed by atoms with van der Waals surface area (Å²) in [4.78, 5) is 0. The monoisotopic (exact) mass is 133 g/mol. The zero-order valence-electron chi connectivity index (χ0n) is 6.42. The minimum atomic E-state index is 1.05. The first-order valence-corrected chi connectivity index (χ1v) is 4.75. The molecule has 0 aromatic carbocycles. The second-order valence-electron chi connectivity index (χ2n) is 4.62. The van der Waals surface area contributed by atoms with E-state index >= 15 is 0 Å². The van der Waals surface area contributed by atoms with Gasteiger partial charge in [0.1, 0.15) is 7.28 Å². The molecule has 0 N–H and O–H groups in total. The Labute approximate surface area is 63.6 Å². The normalized spacial score (nSPS) is 56.8. The first-order valence-electron chi connectivity index (χ1n) is 4.75. The summed E-state index contributed by atoms with van der Waals surface area (Å²) in [5.41, 5.74) is 0. The summed E-state index contributed by atoms with van der Waals surface area (Å²) in [6, 6.07) is 0. The maximum absolute atomic E-state index is 2.66. The molecule has 2 saturated carbocycles. The highest BCUT2D eigenvalue weighted by Gasteiger charge is 2.42. The summed E-state index contributed by atoms with van der Waals surface area (Å²) in [6.07, 6.45) is 7.78. The number of hydrogen-bond acceptors (Lipinski definition) is 0. The van der Waals surface area contributed by atoms with Gasteiger partial charge in [-0.15, -0.1) is 0 Å². The summed E-state index contributed by atoms with van der Waals surface area (Å²) in [7, 11) is 2.66. The molecule has 4 rings (SSSR count). The Morgan fingerprint density at radius 2 is 1.20 bits per heavy atom. The third-order valence-electron chi connectivity index (χ3n) is 3.76. The standard InChI is InChI=1S/C9H14B/c1-6-2-8-4-7(1)5-9(3-6)10-8/h6-9H,1-5H2. The van der Waals surface area contributed by atoms with Gasteiger partial charge in [-0.05, 0) is 18.3 Å². The summed E-state index contributed by atoms with van der Waals surface area (Å²) in [6.45, 7) is 0. The molecule has 4 fully saturated rings. The Morgan fingerprint density at radius 1 is 0.700 bits per heavy atom. The highest BCUT2D eigenvalue weighted by Crippen LogP contribution is 2.55. The molecule has 4 aliphatic rings. The molecule has 2 heterocycles. The second-order valence-corrected chi connectivity index (χ2v) is 4.62. The van der Waals surface area contributed by atoms with Crippen LogP contribution in [-0.4, -0.2) is 7.28 Å². The van der Waals surface area contributed by atoms with Crippen molar-refractivity contribution in [1.29, 1.82) is 0 Å². The lowest BCUT2D eigenvalue weighted by atomic mass is 9.37. The minimum absolute atomic E-state index is 1.05. The predicted octanol–water partition coefficient (Wildman–Crippen LogP) is 2.49. The fourth-order valence-electron chi connectivity index (χ4n) is 3.65. The molecule has 0 spiro atoms. The third kappa shape index (κ3) is 0.695. The number of rotatable bonds is 0. The Hall–Kier alpha value is 0.0649. The van der Waals surface area contributed by atoms with Crippen molar-refractivity contribution < 1.29 is 0 Å². The van der Waals surface area contributed by atoms with Gasteiger partial charge in [-0.1, -0.05) is 37.3 Å². The van der Waals surface area contributed by atoms with Crippen LogP contribution in [0.2, 0.25) is 11.6 Å². The molecule has 10 heavy (non-hydrogen) atoms. The van der Waals surface area contributed by atoms with Gasteiger partial charge >= 0.3 is 0 Å². The SMILES string of the molecule is [B]1C2CC3CC1CC(C2)C3. The van der Waals surface area contributed by atoms with E-state index in [9.17, 15) is 0 Å². The van der Waals surface area contributed by atoms with E-state index in [0.29, 0.717) is 0 Å². The van der Waals surface area contributed by atoms with Crippen LogP contribution in [-0.2, 0) is 0 Å². The van der Waals surface area contributed by atoms with Crippen molar-refractivity contribution >= 4 is 7.28 Å². The zero-order chi connectivity index (χ0) is 6.55. The molecular weight excluding hydrogens is 119 g/mol. The molecule has 0 amide bonds. The molecule has 1 radical (unpaired) electrons. The fraction of sp³-hybridized carbons (Fsp3) is 1.00. The Balaban J connectivity index is 1.90. The lowest BCUT2D eigenvalue weighted by Gasteiger charge is -2.49. The smallest absolute Gasteiger partial charge is 0.0681 e. The van der Waals surface area contributed by atoms with E-state index in [-0.39, 0.29) is 0 Å². The first kappa shape index (κ1) is 5.68. The van der Waals surface area contributed by atoms with Gasteiger partial charge in [0.2, 0.25) is 0 Å². The average Bonchev–Trinajstić information content (AvgIpc) is 1.82.